The largest absolute Gasteiger partial charge is 0.449 e. The predicted molar refractivity (Wildman–Crippen MR) is 144 cm³/mol. The Balaban J connectivity index is 1.74. The van der Waals surface area contributed by atoms with Crippen molar-refractivity contribution in [1.29, 1.82) is 0 Å². The minimum atomic E-state index is -0.749. The molecule has 0 unspecified atom stereocenters. The summed E-state index contributed by atoms with van der Waals surface area (Å²) in [4.78, 5) is 50.3. The maximum Gasteiger partial charge on any atom is 0.318 e. The van der Waals surface area contributed by atoms with Crippen LogP contribution in [-0.4, -0.2) is 33.4 Å². The first-order chi connectivity index (χ1) is 18.1. The Hall–Kier alpha value is -3.38. The van der Waals surface area contributed by atoms with Crippen molar-refractivity contribution < 1.29 is 24.2 Å². The molecule has 38 heavy (non-hydrogen) atoms. The average Bonchev–Trinajstić information content (AvgIpc) is 2.86. The van der Waals surface area contributed by atoms with Crippen LogP contribution >= 0.6 is 31.9 Å². The topological polar surface area (TPSA) is 133 Å². The number of halogens is 2. The number of carbonyl (C=O) groups is 2. The average molecular weight is 647 g/mol. The predicted octanol–water partition coefficient (Wildman–Crippen LogP) is 6.86. The minimum Gasteiger partial charge on any atom is -0.449 e. The number of hydrogen-bond acceptors (Lipinski definition) is 8. The maximum absolute atomic E-state index is 13.4. The third-order valence-corrected chi connectivity index (χ3v) is 8.20. The van der Waals surface area contributed by atoms with Gasteiger partial charge in [0.25, 0.3) is 5.69 Å². The van der Waals surface area contributed by atoms with Gasteiger partial charge in [-0.05, 0) is 59.8 Å². The molecule has 0 amide bonds. The maximum atomic E-state index is 13.4. The monoisotopic (exact) mass is 645 g/mol. The number of rotatable bonds is 5. The van der Waals surface area contributed by atoms with Gasteiger partial charge in [-0.1, -0.05) is 15.9 Å². The zero-order chi connectivity index (χ0) is 27.3. The molecule has 1 heterocycles. The number of nitrogens with zero attached hydrogens (tertiary/aromatic N) is 3. The molecule has 196 valence electrons. The van der Waals surface area contributed by atoms with Gasteiger partial charge in [-0.25, -0.2) is 0 Å². The van der Waals surface area contributed by atoms with E-state index in [2.05, 4.69) is 31.9 Å². The van der Waals surface area contributed by atoms with Gasteiger partial charge in [-0.3, -0.25) is 29.8 Å². The molecule has 0 spiro atoms. The molecule has 0 bridgehead atoms. The molecular formula is C26H21Br2N3O7. The van der Waals surface area contributed by atoms with E-state index in [4.69, 9.17) is 4.74 Å². The highest BCUT2D eigenvalue weighted by atomic mass is 79.9. The number of non-ortho nitro benzene ring substituents is 1. The van der Waals surface area contributed by atoms with E-state index in [1.807, 2.05) is 11.9 Å². The summed E-state index contributed by atoms with van der Waals surface area (Å²) in [5.74, 6) is -0.813. The van der Waals surface area contributed by atoms with Crippen molar-refractivity contribution >= 4 is 54.8 Å². The molecule has 0 saturated carbocycles. The van der Waals surface area contributed by atoms with Crippen LogP contribution < -0.4 is 4.74 Å². The lowest BCUT2D eigenvalue weighted by molar-refractivity contribution is -0.394. The molecule has 2 aliphatic carbocycles. The lowest BCUT2D eigenvalue weighted by Crippen LogP contribution is -2.37. The number of Topliss-reactive ketones (excluding diaryl/α,β-unsaturated/α-hetero) is 2. The van der Waals surface area contributed by atoms with Crippen molar-refractivity contribution in [1.82, 2.24) is 4.90 Å². The molecular weight excluding hydrogens is 626 g/mol. The lowest BCUT2D eigenvalue weighted by Gasteiger charge is -2.42. The molecule has 5 rings (SSSR count). The fourth-order valence-electron chi connectivity index (χ4n) is 5.52. The highest BCUT2D eigenvalue weighted by Gasteiger charge is 2.43. The number of ketones is 2. The summed E-state index contributed by atoms with van der Waals surface area (Å²) in [7, 11) is 1.90. The quantitative estimate of drug-likeness (QED) is 0.254. The number of nitro benzene ring substituents is 2. The standard InChI is InChI=1S/C26H21Br2N3O7/c1-29-17-4-2-6-20(32)24(17)23(25-18(29)5-3-7-21(25)33)15-10-13(27)11-16(28)26(15)38-22-9-8-14(30(34)35)12-19(22)31(36)37/h8-12,23H,2-7H2,1H3. The van der Waals surface area contributed by atoms with Crippen LogP contribution in [-0.2, 0) is 9.59 Å². The van der Waals surface area contributed by atoms with E-state index in [1.165, 1.54) is 6.07 Å². The molecule has 0 saturated heterocycles. The Morgan fingerprint density at radius 3 is 2.05 bits per heavy atom. The number of nitro groups is 2. The molecule has 2 aromatic rings. The van der Waals surface area contributed by atoms with Crippen molar-refractivity contribution in [2.75, 3.05) is 7.05 Å². The van der Waals surface area contributed by atoms with Crippen LogP contribution in [0.3, 0.4) is 0 Å². The van der Waals surface area contributed by atoms with Crippen LogP contribution in [0.5, 0.6) is 11.5 Å². The third kappa shape index (κ3) is 4.45. The summed E-state index contributed by atoms with van der Waals surface area (Å²) in [6, 6.07) is 6.60. The van der Waals surface area contributed by atoms with Crippen LogP contribution in [0.1, 0.15) is 50.0 Å². The second-order valence-electron chi connectivity index (χ2n) is 9.34. The molecule has 0 radical (unpaired) electrons. The van der Waals surface area contributed by atoms with Crippen LogP contribution in [0, 0.1) is 20.2 Å². The summed E-state index contributed by atoms with van der Waals surface area (Å²) in [6.45, 7) is 0. The van der Waals surface area contributed by atoms with E-state index in [9.17, 15) is 29.8 Å². The summed E-state index contributed by atoms with van der Waals surface area (Å²) in [5, 5.41) is 23.0. The zero-order valence-electron chi connectivity index (χ0n) is 20.2. The Labute approximate surface area is 233 Å². The fraction of sp³-hybridized carbons (Fsp3) is 0.308. The van der Waals surface area contributed by atoms with Gasteiger partial charge >= 0.3 is 5.69 Å². The Bertz CT molecular complexity index is 1450. The molecule has 1 aliphatic heterocycles. The Morgan fingerprint density at radius 2 is 1.50 bits per heavy atom. The van der Waals surface area contributed by atoms with Crippen LogP contribution in [0.2, 0.25) is 0 Å². The van der Waals surface area contributed by atoms with E-state index in [-0.39, 0.29) is 23.1 Å². The number of ether oxygens (including phenoxy) is 1. The van der Waals surface area contributed by atoms with Crippen LogP contribution in [0.15, 0.2) is 61.8 Å². The first kappa shape index (κ1) is 26.2. The highest BCUT2D eigenvalue weighted by molar-refractivity contribution is 9.11. The van der Waals surface area contributed by atoms with Crippen molar-refractivity contribution in [2.24, 2.45) is 0 Å². The van der Waals surface area contributed by atoms with Gasteiger partial charge in [-0.2, -0.15) is 0 Å². The van der Waals surface area contributed by atoms with Crippen molar-refractivity contribution in [3.63, 3.8) is 0 Å². The second kappa shape index (κ2) is 10.1. The molecule has 3 aliphatic rings. The molecule has 10 nitrogen and oxygen atoms in total. The summed E-state index contributed by atoms with van der Waals surface area (Å²) in [5.41, 5.74) is 2.32. The normalized spacial score (nSPS) is 17.9. The van der Waals surface area contributed by atoms with Gasteiger partial charge in [0.2, 0.25) is 5.75 Å². The van der Waals surface area contributed by atoms with Crippen molar-refractivity contribution in [2.45, 2.75) is 44.4 Å². The van der Waals surface area contributed by atoms with Gasteiger partial charge in [0, 0.05) is 64.5 Å². The minimum absolute atomic E-state index is 0.0450. The van der Waals surface area contributed by atoms with E-state index in [0.717, 1.165) is 23.5 Å². The Kier molecular flexibility index (Phi) is 6.95. The molecule has 0 aromatic heterocycles. The van der Waals surface area contributed by atoms with Crippen LogP contribution in [0.25, 0.3) is 0 Å². The van der Waals surface area contributed by atoms with Gasteiger partial charge < -0.3 is 9.64 Å². The van der Waals surface area contributed by atoms with Gasteiger partial charge in [0.05, 0.1) is 20.4 Å². The van der Waals surface area contributed by atoms with Crippen LogP contribution in [0.4, 0.5) is 11.4 Å². The van der Waals surface area contributed by atoms with E-state index in [0.29, 0.717) is 64.2 Å². The molecule has 0 atom stereocenters. The first-order valence-corrected chi connectivity index (χ1v) is 13.5. The number of allylic oxidation sites excluding steroid dienone is 4. The zero-order valence-corrected chi connectivity index (χ0v) is 23.3. The first-order valence-electron chi connectivity index (χ1n) is 11.9. The van der Waals surface area contributed by atoms with E-state index in [1.54, 1.807) is 12.1 Å². The fourth-order valence-corrected chi connectivity index (χ4v) is 6.86. The van der Waals surface area contributed by atoms with Gasteiger partial charge in [-0.15, -0.1) is 0 Å². The van der Waals surface area contributed by atoms with E-state index >= 15 is 0 Å². The number of carbonyl (C=O) groups excluding carboxylic acids is 2. The molecule has 2 aromatic carbocycles. The second-order valence-corrected chi connectivity index (χ2v) is 11.1. The number of hydrogen-bond donors (Lipinski definition) is 0. The molecule has 0 N–H and O–H groups in total. The third-order valence-electron chi connectivity index (χ3n) is 7.15. The summed E-state index contributed by atoms with van der Waals surface area (Å²) < 4.78 is 7.21. The number of benzene rings is 2. The molecule has 12 heteroatoms. The lowest BCUT2D eigenvalue weighted by atomic mass is 9.71. The van der Waals surface area contributed by atoms with E-state index < -0.39 is 27.1 Å². The van der Waals surface area contributed by atoms with Crippen molar-refractivity contribution in [3.05, 3.63) is 87.6 Å². The Morgan fingerprint density at radius 1 is 0.895 bits per heavy atom. The smallest absolute Gasteiger partial charge is 0.318 e. The SMILES string of the molecule is CN1C2=C(C(=O)CCC2)C(c2cc(Br)cc(Br)c2Oc2ccc([N+](=O)[O-])cc2[N+](=O)[O-])C2=C1CCCC2=O. The van der Waals surface area contributed by atoms with Gasteiger partial charge in [0.15, 0.2) is 11.6 Å². The van der Waals surface area contributed by atoms with Gasteiger partial charge in [0.1, 0.15) is 5.75 Å². The molecule has 0 fully saturated rings. The van der Waals surface area contributed by atoms with Crippen molar-refractivity contribution in [3.8, 4) is 11.5 Å². The summed E-state index contributed by atoms with van der Waals surface area (Å²) in [6.07, 6.45) is 3.53. The highest BCUT2D eigenvalue weighted by Crippen LogP contribution is 2.53. The summed E-state index contributed by atoms with van der Waals surface area (Å²) >= 11 is 6.99.